The Bertz CT molecular complexity index is 430. The fraction of sp³-hybridized carbons (Fsp3) is 0.250. The second kappa shape index (κ2) is 2.20. The van der Waals surface area contributed by atoms with E-state index in [0.717, 1.165) is 10.9 Å². The molecule has 0 bridgehead atoms. The normalized spacial score (nSPS) is 10.8. The Kier molecular flexibility index (Phi) is 1.30. The molecule has 0 aromatic carbocycles. The average molecular weight is 162 g/mol. The number of aromatic nitrogens is 3. The first-order valence-corrected chi connectivity index (χ1v) is 3.72. The smallest absolute Gasteiger partial charge is 0.136 e. The monoisotopic (exact) mass is 162 g/mol. The predicted octanol–water partition coefficient (Wildman–Crippen LogP) is 0.859. The summed E-state index contributed by atoms with van der Waals surface area (Å²) < 4.78 is 1.93. The Balaban J connectivity index is 2.88. The van der Waals surface area contributed by atoms with E-state index >= 15 is 0 Å². The lowest BCUT2D eigenvalue weighted by Gasteiger charge is -1.95. The van der Waals surface area contributed by atoms with Gasteiger partial charge in [-0.3, -0.25) is 0 Å². The van der Waals surface area contributed by atoms with Gasteiger partial charge in [-0.25, -0.2) is 9.97 Å². The number of hydrogen-bond acceptors (Lipinski definition) is 3. The number of anilines is 1. The summed E-state index contributed by atoms with van der Waals surface area (Å²) >= 11 is 0. The second-order valence-corrected chi connectivity index (χ2v) is 2.88. The highest BCUT2D eigenvalue weighted by molar-refractivity contribution is 5.87. The third kappa shape index (κ3) is 0.922. The Hall–Kier alpha value is -1.58. The molecule has 0 aliphatic heterocycles. The summed E-state index contributed by atoms with van der Waals surface area (Å²) in [6.45, 7) is 1.84. The number of aryl methyl sites for hydroxylation is 2. The van der Waals surface area contributed by atoms with Crippen LogP contribution in [0.2, 0.25) is 0 Å². The SMILES string of the molecule is Cc1nc(N)c2cn(C)cc2n1. The highest BCUT2D eigenvalue weighted by atomic mass is 15.0. The Morgan fingerprint density at radius 3 is 2.83 bits per heavy atom. The molecule has 4 heteroatoms. The molecule has 4 nitrogen and oxygen atoms in total. The van der Waals surface area contributed by atoms with E-state index in [1.54, 1.807) is 0 Å². The van der Waals surface area contributed by atoms with Crippen molar-refractivity contribution in [2.75, 3.05) is 5.73 Å². The highest BCUT2D eigenvalue weighted by Gasteiger charge is 2.03. The van der Waals surface area contributed by atoms with Gasteiger partial charge in [-0.1, -0.05) is 0 Å². The number of fused-ring (bicyclic) bond motifs is 1. The van der Waals surface area contributed by atoms with Crippen LogP contribution in [0.1, 0.15) is 5.82 Å². The summed E-state index contributed by atoms with van der Waals surface area (Å²) in [6.07, 6.45) is 3.85. The van der Waals surface area contributed by atoms with Crippen molar-refractivity contribution in [2.45, 2.75) is 6.92 Å². The van der Waals surface area contributed by atoms with E-state index in [2.05, 4.69) is 9.97 Å². The van der Waals surface area contributed by atoms with E-state index in [1.807, 2.05) is 30.9 Å². The molecule has 0 saturated carbocycles. The van der Waals surface area contributed by atoms with Crippen LogP contribution in [0.4, 0.5) is 5.82 Å². The van der Waals surface area contributed by atoms with Gasteiger partial charge in [-0.15, -0.1) is 0 Å². The molecule has 0 fully saturated rings. The summed E-state index contributed by atoms with van der Waals surface area (Å²) in [6, 6.07) is 0. The molecular formula is C8H10N4. The summed E-state index contributed by atoms with van der Waals surface area (Å²) in [7, 11) is 1.94. The maximum absolute atomic E-state index is 5.71. The first kappa shape index (κ1) is 7.09. The van der Waals surface area contributed by atoms with Crippen LogP contribution in [0.15, 0.2) is 12.4 Å². The molecule has 0 aliphatic rings. The van der Waals surface area contributed by atoms with E-state index in [-0.39, 0.29) is 0 Å². The largest absolute Gasteiger partial charge is 0.383 e. The molecule has 0 aliphatic carbocycles. The van der Waals surface area contributed by atoms with Gasteiger partial charge < -0.3 is 10.3 Å². The van der Waals surface area contributed by atoms with Gasteiger partial charge >= 0.3 is 0 Å². The van der Waals surface area contributed by atoms with Gasteiger partial charge in [0.25, 0.3) is 0 Å². The lowest BCUT2D eigenvalue weighted by molar-refractivity contribution is 0.932. The van der Waals surface area contributed by atoms with E-state index in [1.165, 1.54) is 0 Å². The highest BCUT2D eigenvalue weighted by Crippen LogP contribution is 2.17. The van der Waals surface area contributed by atoms with Crippen LogP contribution < -0.4 is 5.73 Å². The molecule has 2 rings (SSSR count). The molecular weight excluding hydrogens is 152 g/mol. The molecule has 0 radical (unpaired) electrons. The van der Waals surface area contributed by atoms with Crippen molar-refractivity contribution in [1.29, 1.82) is 0 Å². The van der Waals surface area contributed by atoms with Crippen molar-refractivity contribution < 1.29 is 0 Å². The zero-order valence-electron chi connectivity index (χ0n) is 7.07. The molecule has 2 aromatic heterocycles. The summed E-state index contributed by atoms with van der Waals surface area (Å²) in [4.78, 5) is 8.31. The van der Waals surface area contributed by atoms with E-state index in [9.17, 15) is 0 Å². The van der Waals surface area contributed by atoms with Crippen molar-refractivity contribution in [2.24, 2.45) is 7.05 Å². The molecule has 0 spiro atoms. The fourth-order valence-corrected chi connectivity index (χ4v) is 1.29. The van der Waals surface area contributed by atoms with Gasteiger partial charge in [0.2, 0.25) is 0 Å². The first-order valence-electron chi connectivity index (χ1n) is 3.72. The number of hydrogen-bond donors (Lipinski definition) is 1. The molecule has 0 saturated heterocycles. The predicted molar refractivity (Wildman–Crippen MR) is 47.7 cm³/mol. The lowest BCUT2D eigenvalue weighted by atomic mass is 10.3. The van der Waals surface area contributed by atoms with E-state index in [4.69, 9.17) is 5.73 Å². The fourth-order valence-electron chi connectivity index (χ4n) is 1.29. The Labute approximate surface area is 70.0 Å². The minimum absolute atomic E-state index is 0.554. The van der Waals surface area contributed by atoms with Crippen molar-refractivity contribution in [3.8, 4) is 0 Å². The Morgan fingerprint density at radius 1 is 1.33 bits per heavy atom. The maximum Gasteiger partial charge on any atom is 0.136 e. The van der Waals surface area contributed by atoms with Crippen LogP contribution in [-0.2, 0) is 7.05 Å². The van der Waals surface area contributed by atoms with Crippen LogP contribution in [-0.4, -0.2) is 14.5 Å². The third-order valence-corrected chi connectivity index (χ3v) is 1.78. The third-order valence-electron chi connectivity index (χ3n) is 1.78. The topological polar surface area (TPSA) is 56.7 Å². The quantitative estimate of drug-likeness (QED) is 0.625. The van der Waals surface area contributed by atoms with Gasteiger partial charge in [-0.2, -0.15) is 0 Å². The molecule has 2 aromatic rings. The van der Waals surface area contributed by atoms with Gasteiger partial charge in [-0.05, 0) is 6.92 Å². The minimum Gasteiger partial charge on any atom is -0.383 e. The van der Waals surface area contributed by atoms with Crippen molar-refractivity contribution in [3.05, 3.63) is 18.2 Å². The van der Waals surface area contributed by atoms with Crippen LogP contribution in [0.5, 0.6) is 0 Å². The van der Waals surface area contributed by atoms with Crippen LogP contribution in [0.3, 0.4) is 0 Å². The molecule has 12 heavy (non-hydrogen) atoms. The lowest BCUT2D eigenvalue weighted by Crippen LogP contribution is -1.94. The average Bonchev–Trinajstić information content (AvgIpc) is 2.29. The van der Waals surface area contributed by atoms with E-state index in [0.29, 0.717) is 11.6 Å². The van der Waals surface area contributed by atoms with Gasteiger partial charge in [0.1, 0.15) is 11.6 Å². The van der Waals surface area contributed by atoms with Crippen LogP contribution in [0, 0.1) is 6.92 Å². The second-order valence-electron chi connectivity index (χ2n) is 2.88. The summed E-state index contributed by atoms with van der Waals surface area (Å²) in [5.74, 6) is 1.27. The molecule has 0 unspecified atom stereocenters. The number of rotatable bonds is 0. The number of nitrogens with two attached hydrogens (primary N) is 1. The number of nitrogen functional groups attached to an aromatic ring is 1. The van der Waals surface area contributed by atoms with E-state index < -0.39 is 0 Å². The summed E-state index contributed by atoms with van der Waals surface area (Å²) in [5, 5.41) is 0.920. The van der Waals surface area contributed by atoms with Crippen LogP contribution >= 0.6 is 0 Å². The van der Waals surface area contributed by atoms with Crippen molar-refractivity contribution >= 4 is 16.7 Å². The van der Waals surface area contributed by atoms with Crippen molar-refractivity contribution in [1.82, 2.24) is 14.5 Å². The van der Waals surface area contributed by atoms with Crippen molar-refractivity contribution in [3.63, 3.8) is 0 Å². The maximum atomic E-state index is 5.71. The molecule has 2 heterocycles. The number of nitrogens with zero attached hydrogens (tertiary/aromatic N) is 3. The van der Waals surface area contributed by atoms with Gasteiger partial charge in [0.05, 0.1) is 10.9 Å². The zero-order valence-corrected chi connectivity index (χ0v) is 7.07. The van der Waals surface area contributed by atoms with Gasteiger partial charge in [0, 0.05) is 19.4 Å². The Morgan fingerprint density at radius 2 is 2.08 bits per heavy atom. The molecule has 62 valence electrons. The molecule has 0 atom stereocenters. The molecule has 2 N–H and O–H groups in total. The standard InChI is InChI=1S/C8H10N4/c1-5-10-7-4-12(2)3-6(7)8(9)11-5/h3-4H,1-2H3,(H2,9,10,11). The minimum atomic E-state index is 0.554. The first-order chi connectivity index (χ1) is 5.66. The van der Waals surface area contributed by atoms with Gasteiger partial charge in [0.15, 0.2) is 0 Å². The van der Waals surface area contributed by atoms with Crippen LogP contribution in [0.25, 0.3) is 10.9 Å². The zero-order chi connectivity index (χ0) is 8.72. The summed E-state index contributed by atoms with van der Waals surface area (Å²) in [5.41, 5.74) is 6.61. The molecule has 0 amide bonds.